The Morgan fingerprint density at radius 1 is 1.02 bits per heavy atom. The molecule has 0 aliphatic heterocycles. The first-order chi connectivity index (χ1) is 25.0. The molecule has 1 aliphatic rings. The van der Waals surface area contributed by atoms with Gasteiger partial charge in [-0.3, -0.25) is 9.59 Å². The topological polar surface area (TPSA) is 170 Å². The highest BCUT2D eigenvalue weighted by molar-refractivity contribution is 7.88. The second-order valence-electron chi connectivity index (χ2n) is 12.2. The minimum Gasteiger partial charge on any atom is -0.507 e. The van der Waals surface area contributed by atoms with Gasteiger partial charge >= 0.3 is 5.97 Å². The molecule has 1 saturated carbocycles. The highest BCUT2D eigenvalue weighted by atomic mass is 32.2. The molecule has 0 saturated heterocycles. The number of ether oxygens (including phenoxy) is 3. The van der Waals surface area contributed by atoms with Crippen LogP contribution in [0.4, 0.5) is 4.39 Å². The first-order valence-corrected chi connectivity index (χ1v) is 18.6. The quantitative estimate of drug-likeness (QED) is 0.0365. The molecule has 52 heavy (non-hydrogen) atoms. The van der Waals surface area contributed by atoms with Crippen molar-refractivity contribution in [2.45, 2.75) is 44.5 Å². The number of hydrogen-bond donors (Lipinski definition) is 3. The van der Waals surface area contributed by atoms with Gasteiger partial charge in [0, 0.05) is 42.8 Å². The summed E-state index contributed by atoms with van der Waals surface area (Å²) in [5.74, 6) is -2.94. The molecule has 1 fully saturated rings. The summed E-state index contributed by atoms with van der Waals surface area (Å²) in [5.41, 5.74) is 3.74. The molecular formula is C38H41FN2O10S. The summed E-state index contributed by atoms with van der Waals surface area (Å²) < 4.78 is 64.5. The van der Waals surface area contributed by atoms with Crippen LogP contribution in [-0.4, -0.2) is 71.2 Å². The summed E-state index contributed by atoms with van der Waals surface area (Å²) in [4.78, 5) is 36.3. The van der Waals surface area contributed by atoms with Gasteiger partial charge in [-0.25, -0.2) is 22.3 Å². The monoisotopic (exact) mass is 736 g/mol. The van der Waals surface area contributed by atoms with Crippen LogP contribution in [0.3, 0.4) is 0 Å². The summed E-state index contributed by atoms with van der Waals surface area (Å²) in [7, 11) is -2.21. The number of ketones is 1. The molecule has 1 heterocycles. The van der Waals surface area contributed by atoms with Crippen LogP contribution in [0.25, 0.3) is 28.1 Å². The maximum atomic E-state index is 13.6. The van der Waals surface area contributed by atoms with E-state index in [1.54, 1.807) is 37.3 Å². The smallest absolute Gasteiger partial charge is 0.379 e. The van der Waals surface area contributed by atoms with Crippen LogP contribution in [0.5, 0.6) is 0 Å². The normalized spacial score (nSPS) is 13.3. The molecule has 3 aromatic carbocycles. The summed E-state index contributed by atoms with van der Waals surface area (Å²) in [6.45, 7) is 2.85. The molecule has 5 rings (SSSR count). The lowest BCUT2D eigenvalue weighted by molar-refractivity contribution is -0.151. The zero-order chi connectivity index (χ0) is 37.3. The van der Waals surface area contributed by atoms with Crippen molar-refractivity contribution in [1.29, 1.82) is 0 Å². The number of hydrogen-bond acceptors (Lipinski definition) is 10. The highest BCUT2D eigenvalue weighted by Gasteiger charge is 2.31. The lowest BCUT2D eigenvalue weighted by Crippen LogP contribution is -2.27. The molecule has 0 unspecified atom stereocenters. The predicted octanol–water partition coefficient (Wildman–Crippen LogP) is 5.55. The van der Waals surface area contributed by atoms with Crippen LogP contribution in [0.1, 0.15) is 64.7 Å². The van der Waals surface area contributed by atoms with Crippen LogP contribution in [0, 0.1) is 5.82 Å². The molecular weight excluding hydrogens is 695 g/mol. The lowest BCUT2D eigenvalue weighted by Gasteiger charge is -2.12. The van der Waals surface area contributed by atoms with Gasteiger partial charge in [-0.05, 0) is 91.3 Å². The molecule has 1 aliphatic carbocycles. The Morgan fingerprint density at radius 2 is 1.77 bits per heavy atom. The fraction of sp³-hybridized carbons (Fsp3) is 0.342. The Labute approximate surface area is 301 Å². The number of benzene rings is 3. The Balaban J connectivity index is 1.09. The lowest BCUT2D eigenvalue weighted by atomic mass is 9.98. The van der Waals surface area contributed by atoms with Crippen LogP contribution in [0.2, 0.25) is 0 Å². The number of aliphatic hydroxyl groups is 1. The molecule has 4 aromatic rings. The van der Waals surface area contributed by atoms with E-state index in [1.165, 1.54) is 31.3 Å². The Kier molecular flexibility index (Phi) is 12.9. The van der Waals surface area contributed by atoms with E-state index in [0.717, 1.165) is 30.0 Å². The number of esters is 1. The van der Waals surface area contributed by atoms with Crippen molar-refractivity contribution in [3.63, 3.8) is 0 Å². The van der Waals surface area contributed by atoms with Crippen molar-refractivity contribution < 1.29 is 50.9 Å². The molecule has 0 radical (unpaired) electrons. The number of carbonyl (C=O) groups excluding carboxylic acids is 3. The number of sulfonamides is 1. The van der Waals surface area contributed by atoms with Crippen LogP contribution >= 0.6 is 0 Å². The molecule has 3 N–H and O–H groups in total. The summed E-state index contributed by atoms with van der Waals surface area (Å²) in [6, 6.07) is 15.9. The number of nitrogens with one attached hydrogen (secondary N) is 2. The largest absolute Gasteiger partial charge is 0.507 e. The summed E-state index contributed by atoms with van der Waals surface area (Å²) >= 11 is 0. The van der Waals surface area contributed by atoms with Crippen LogP contribution in [-0.2, 0) is 46.2 Å². The minimum absolute atomic E-state index is 0.0508. The SMILES string of the molecule is CCOC(=O)C(=O)/C=C(\O)c1cccc(COCCOCCCNS(=O)(=O)Cc2cc3oc(-c4ccc(F)cc4)c(C(=O)NC)c3cc2C2CC2)c1. The number of furan rings is 1. The fourth-order valence-electron chi connectivity index (χ4n) is 5.61. The Hall–Kier alpha value is -4.89. The average Bonchev–Trinajstić information content (AvgIpc) is 3.90. The number of fused-ring (bicyclic) bond motifs is 1. The van der Waals surface area contributed by atoms with Gasteiger partial charge < -0.3 is 29.1 Å². The number of aliphatic hydroxyl groups excluding tert-OH is 1. The van der Waals surface area contributed by atoms with Crippen molar-refractivity contribution in [2.24, 2.45) is 0 Å². The zero-order valence-corrected chi connectivity index (χ0v) is 29.7. The van der Waals surface area contributed by atoms with E-state index in [1.807, 2.05) is 6.07 Å². The first-order valence-electron chi connectivity index (χ1n) is 16.9. The average molecular weight is 737 g/mol. The van der Waals surface area contributed by atoms with Crippen molar-refractivity contribution in [1.82, 2.24) is 10.0 Å². The van der Waals surface area contributed by atoms with E-state index < -0.39 is 27.6 Å². The van der Waals surface area contributed by atoms with Crippen LogP contribution in [0.15, 0.2) is 71.2 Å². The third-order valence-corrected chi connectivity index (χ3v) is 9.60. The Bertz CT molecular complexity index is 2050. The van der Waals surface area contributed by atoms with Crippen LogP contribution < -0.4 is 10.0 Å². The van der Waals surface area contributed by atoms with Crippen molar-refractivity contribution >= 4 is 44.4 Å². The molecule has 0 bridgehead atoms. The third-order valence-electron chi connectivity index (χ3n) is 8.27. The standard InChI is InChI=1S/C38H41FN2O10S/c1-3-50-38(45)33(43)21-32(42)27-7-4-6-24(18-27)22-49-17-16-48-15-5-14-41-52(46,47)23-28-19-34-31(20-30(28)25-8-9-25)35(37(44)40-2)36(51-34)26-10-12-29(39)13-11-26/h4,6-7,10-13,18-21,25,41-42H,3,5,8-9,14-17,22-23H2,1-2H3,(H,40,44)/b32-21-. The van der Waals surface area contributed by atoms with E-state index in [-0.39, 0.29) is 62.1 Å². The number of halogens is 1. The molecule has 12 nitrogen and oxygen atoms in total. The second-order valence-corrected chi connectivity index (χ2v) is 14.0. The van der Waals surface area contributed by atoms with E-state index >= 15 is 0 Å². The maximum Gasteiger partial charge on any atom is 0.379 e. The van der Waals surface area contributed by atoms with E-state index in [9.17, 15) is 32.3 Å². The van der Waals surface area contributed by atoms with Gasteiger partial charge in [0.2, 0.25) is 10.0 Å². The molecule has 14 heteroatoms. The van der Waals surface area contributed by atoms with Crippen molar-refractivity contribution in [2.75, 3.05) is 40.0 Å². The van der Waals surface area contributed by atoms with Gasteiger partial charge in [0.05, 0.1) is 37.7 Å². The molecule has 1 aromatic heterocycles. The van der Waals surface area contributed by atoms with Crippen molar-refractivity contribution in [3.05, 3.63) is 100 Å². The molecule has 1 amide bonds. The van der Waals surface area contributed by atoms with Gasteiger partial charge in [-0.1, -0.05) is 18.2 Å². The van der Waals surface area contributed by atoms with E-state index in [4.69, 9.17) is 13.9 Å². The third kappa shape index (κ3) is 10.1. The predicted molar refractivity (Wildman–Crippen MR) is 191 cm³/mol. The molecule has 0 spiro atoms. The van der Waals surface area contributed by atoms with E-state index in [2.05, 4.69) is 14.8 Å². The van der Waals surface area contributed by atoms with Gasteiger partial charge in [0.15, 0.2) is 0 Å². The van der Waals surface area contributed by atoms with E-state index in [0.29, 0.717) is 46.3 Å². The highest BCUT2D eigenvalue weighted by Crippen LogP contribution is 2.45. The van der Waals surface area contributed by atoms with Gasteiger partial charge in [0.25, 0.3) is 11.7 Å². The first kappa shape index (κ1) is 38.3. The number of rotatable bonds is 19. The minimum atomic E-state index is -3.72. The fourth-order valence-corrected chi connectivity index (χ4v) is 6.83. The summed E-state index contributed by atoms with van der Waals surface area (Å²) in [6.07, 6.45) is 3.08. The number of amides is 1. The molecule has 0 atom stereocenters. The molecule has 276 valence electrons. The maximum absolute atomic E-state index is 13.6. The number of carbonyl (C=O) groups is 3. The Morgan fingerprint density at radius 3 is 2.48 bits per heavy atom. The second kappa shape index (κ2) is 17.6. The van der Waals surface area contributed by atoms with Gasteiger partial charge in [-0.15, -0.1) is 0 Å². The zero-order valence-electron chi connectivity index (χ0n) is 28.9. The summed E-state index contributed by atoms with van der Waals surface area (Å²) in [5, 5.41) is 13.4. The van der Waals surface area contributed by atoms with Gasteiger partial charge in [0.1, 0.15) is 22.9 Å². The van der Waals surface area contributed by atoms with Crippen molar-refractivity contribution in [3.8, 4) is 11.3 Å². The van der Waals surface area contributed by atoms with Gasteiger partial charge in [-0.2, -0.15) is 0 Å².